The van der Waals surface area contributed by atoms with E-state index in [9.17, 15) is 4.79 Å². The molecule has 0 saturated heterocycles. The van der Waals surface area contributed by atoms with E-state index in [2.05, 4.69) is 9.97 Å². The highest BCUT2D eigenvalue weighted by Crippen LogP contribution is 2.23. The lowest BCUT2D eigenvalue weighted by Crippen LogP contribution is -2.33. The summed E-state index contributed by atoms with van der Waals surface area (Å²) in [4.78, 5) is 22.9. The zero-order valence-electron chi connectivity index (χ0n) is 14.2. The van der Waals surface area contributed by atoms with Crippen LogP contribution in [-0.2, 0) is 12.8 Å². The van der Waals surface area contributed by atoms with Gasteiger partial charge in [-0.3, -0.25) is 4.79 Å². The van der Waals surface area contributed by atoms with E-state index in [1.165, 1.54) is 0 Å². The highest BCUT2D eigenvalue weighted by Gasteiger charge is 2.23. The Morgan fingerprint density at radius 2 is 2.12 bits per heavy atom. The van der Waals surface area contributed by atoms with E-state index in [0.717, 1.165) is 36.9 Å². The Kier molecular flexibility index (Phi) is 5.38. The summed E-state index contributed by atoms with van der Waals surface area (Å²) >= 11 is 5.93. The number of hydrogen-bond acceptors (Lipinski definition) is 5. The van der Waals surface area contributed by atoms with Gasteiger partial charge in [-0.05, 0) is 43.9 Å². The molecule has 25 heavy (non-hydrogen) atoms. The summed E-state index contributed by atoms with van der Waals surface area (Å²) in [5.74, 6) is 0.687. The largest absolute Gasteiger partial charge is 0.492 e. The molecule has 6 nitrogen and oxygen atoms in total. The number of likely N-dealkylation sites (N-methyl/N-ethyl adjacent to an activating group) is 1. The van der Waals surface area contributed by atoms with E-state index in [1.807, 2.05) is 12.1 Å². The summed E-state index contributed by atoms with van der Waals surface area (Å²) in [6.07, 6.45) is 3.79. The number of aryl methyl sites for hydroxylation is 1. The maximum absolute atomic E-state index is 12.8. The number of halogens is 1. The molecule has 0 fully saturated rings. The first kappa shape index (κ1) is 17.5. The van der Waals surface area contributed by atoms with Gasteiger partial charge in [-0.25, -0.2) is 9.97 Å². The predicted molar refractivity (Wildman–Crippen MR) is 97.0 cm³/mol. The SMILES string of the molecule is CN(CCOc1cccc(Cl)c1)C(=O)c1nc(N)nc2c1CCCC2. The quantitative estimate of drug-likeness (QED) is 0.886. The van der Waals surface area contributed by atoms with E-state index >= 15 is 0 Å². The summed E-state index contributed by atoms with van der Waals surface area (Å²) in [7, 11) is 1.73. The molecule has 3 rings (SSSR count). The van der Waals surface area contributed by atoms with Crippen LogP contribution >= 0.6 is 11.6 Å². The molecular formula is C18H21ClN4O2. The second-order valence-corrected chi connectivity index (χ2v) is 6.53. The average Bonchev–Trinajstić information content (AvgIpc) is 2.60. The Morgan fingerprint density at radius 3 is 2.92 bits per heavy atom. The molecule has 2 N–H and O–H groups in total. The lowest BCUT2D eigenvalue weighted by molar-refractivity contribution is 0.0766. The van der Waals surface area contributed by atoms with Crippen molar-refractivity contribution < 1.29 is 9.53 Å². The van der Waals surface area contributed by atoms with Gasteiger partial charge in [0.1, 0.15) is 18.1 Å². The number of fused-ring (bicyclic) bond motifs is 1. The van der Waals surface area contributed by atoms with Crippen LogP contribution in [0.1, 0.15) is 34.6 Å². The molecule has 132 valence electrons. The van der Waals surface area contributed by atoms with Crippen LogP contribution in [0.5, 0.6) is 5.75 Å². The predicted octanol–water partition coefficient (Wildman–Crippen LogP) is 2.74. The number of aromatic nitrogens is 2. The highest BCUT2D eigenvalue weighted by molar-refractivity contribution is 6.30. The van der Waals surface area contributed by atoms with Crippen molar-refractivity contribution in [1.82, 2.24) is 14.9 Å². The Balaban J connectivity index is 1.65. The van der Waals surface area contributed by atoms with Crippen LogP contribution in [-0.4, -0.2) is 41.0 Å². The molecule has 7 heteroatoms. The number of amides is 1. The maximum Gasteiger partial charge on any atom is 0.272 e. The summed E-state index contributed by atoms with van der Waals surface area (Å²) in [5.41, 5.74) is 8.05. The van der Waals surface area contributed by atoms with E-state index in [1.54, 1.807) is 24.1 Å². The minimum absolute atomic E-state index is 0.151. The normalized spacial score (nSPS) is 13.2. The standard InChI is InChI=1S/C18H21ClN4O2/c1-23(9-10-25-13-6-4-5-12(19)11-13)17(24)16-14-7-2-3-8-15(14)21-18(20)22-16/h4-6,11H,2-3,7-10H2,1H3,(H2,20,21,22). The summed E-state index contributed by atoms with van der Waals surface area (Å²) in [6, 6.07) is 7.18. The molecule has 1 aromatic heterocycles. The van der Waals surface area contributed by atoms with Crippen LogP contribution in [0, 0.1) is 0 Å². The third-order valence-corrected chi connectivity index (χ3v) is 4.48. The number of anilines is 1. The first-order valence-electron chi connectivity index (χ1n) is 8.33. The molecule has 1 amide bonds. The summed E-state index contributed by atoms with van der Waals surface area (Å²) in [5, 5.41) is 0.616. The summed E-state index contributed by atoms with van der Waals surface area (Å²) < 4.78 is 5.64. The molecule has 0 atom stereocenters. The van der Waals surface area contributed by atoms with Gasteiger partial charge in [-0.1, -0.05) is 17.7 Å². The number of nitrogens with two attached hydrogens (primary N) is 1. The van der Waals surface area contributed by atoms with Crippen molar-refractivity contribution in [3.8, 4) is 5.75 Å². The fraction of sp³-hybridized carbons (Fsp3) is 0.389. The maximum atomic E-state index is 12.8. The zero-order chi connectivity index (χ0) is 17.8. The molecule has 1 aliphatic rings. The molecule has 0 spiro atoms. The van der Waals surface area contributed by atoms with Crippen LogP contribution in [0.4, 0.5) is 5.95 Å². The number of carbonyl (C=O) groups excluding carboxylic acids is 1. The van der Waals surface area contributed by atoms with Crippen LogP contribution in [0.15, 0.2) is 24.3 Å². The number of hydrogen-bond donors (Lipinski definition) is 1. The van der Waals surface area contributed by atoms with Crippen molar-refractivity contribution in [2.24, 2.45) is 0 Å². The second-order valence-electron chi connectivity index (χ2n) is 6.10. The molecular weight excluding hydrogens is 340 g/mol. The van der Waals surface area contributed by atoms with Crippen molar-refractivity contribution in [3.05, 3.63) is 46.2 Å². The van der Waals surface area contributed by atoms with Gasteiger partial charge in [0.05, 0.1) is 6.54 Å². The van der Waals surface area contributed by atoms with Crippen LogP contribution in [0.25, 0.3) is 0 Å². The molecule has 0 unspecified atom stereocenters. The smallest absolute Gasteiger partial charge is 0.272 e. The van der Waals surface area contributed by atoms with Crippen molar-refractivity contribution in [3.63, 3.8) is 0 Å². The molecule has 1 aromatic carbocycles. The first-order chi connectivity index (χ1) is 12.0. The van der Waals surface area contributed by atoms with Gasteiger partial charge >= 0.3 is 0 Å². The molecule has 0 saturated carbocycles. The van der Waals surface area contributed by atoms with Crippen LogP contribution < -0.4 is 10.5 Å². The van der Waals surface area contributed by atoms with Crippen molar-refractivity contribution >= 4 is 23.5 Å². The van der Waals surface area contributed by atoms with Crippen molar-refractivity contribution in [1.29, 1.82) is 0 Å². The van der Waals surface area contributed by atoms with Crippen molar-refractivity contribution in [2.75, 3.05) is 25.9 Å². The fourth-order valence-electron chi connectivity index (χ4n) is 2.93. The Labute approximate surface area is 152 Å². The number of benzene rings is 1. The van der Waals surface area contributed by atoms with E-state index in [0.29, 0.717) is 29.6 Å². The number of nitrogens with zero attached hydrogens (tertiary/aromatic N) is 3. The molecule has 0 aliphatic heterocycles. The highest BCUT2D eigenvalue weighted by atomic mass is 35.5. The van der Waals surface area contributed by atoms with E-state index < -0.39 is 0 Å². The fourth-order valence-corrected chi connectivity index (χ4v) is 3.11. The third-order valence-electron chi connectivity index (χ3n) is 4.24. The Bertz CT molecular complexity index is 782. The minimum atomic E-state index is -0.151. The average molecular weight is 361 g/mol. The zero-order valence-corrected chi connectivity index (χ0v) is 14.9. The lowest BCUT2D eigenvalue weighted by atomic mass is 9.94. The second kappa shape index (κ2) is 7.70. The third kappa shape index (κ3) is 4.20. The number of ether oxygens (including phenoxy) is 1. The summed E-state index contributed by atoms with van der Waals surface area (Å²) in [6.45, 7) is 0.801. The van der Waals surface area contributed by atoms with Gasteiger partial charge in [0.25, 0.3) is 5.91 Å². The number of rotatable bonds is 5. The van der Waals surface area contributed by atoms with Crippen LogP contribution in [0.3, 0.4) is 0 Å². The monoisotopic (exact) mass is 360 g/mol. The van der Waals surface area contributed by atoms with Crippen LogP contribution in [0.2, 0.25) is 5.02 Å². The minimum Gasteiger partial charge on any atom is -0.492 e. The van der Waals surface area contributed by atoms with Gasteiger partial charge in [-0.2, -0.15) is 0 Å². The molecule has 0 radical (unpaired) electrons. The molecule has 2 aromatic rings. The van der Waals surface area contributed by atoms with E-state index in [-0.39, 0.29) is 11.9 Å². The molecule has 1 aliphatic carbocycles. The van der Waals surface area contributed by atoms with Gasteiger partial charge in [0.2, 0.25) is 5.95 Å². The lowest BCUT2D eigenvalue weighted by Gasteiger charge is -2.22. The van der Waals surface area contributed by atoms with E-state index in [4.69, 9.17) is 22.1 Å². The van der Waals surface area contributed by atoms with Gasteiger partial charge in [0.15, 0.2) is 0 Å². The van der Waals surface area contributed by atoms with Gasteiger partial charge in [-0.15, -0.1) is 0 Å². The topological polar surface area (TPSA) is 81.3 Å². The first-order valence-corrected chi connectivity index (χ1v) is 8.71. The van der Waals surface area contributed by atoms with Gasteiger partial charge in [0, 0.05) is 23.3 Å². The van der Waals surface area contributed by atoms with Crippen molar-refractivity contribution in [2.45, 2.75) is 25.7 Å². The van der Waals surface area contributed by atoms with Gasteiger partial charge < -0.3 is 15.4 Å². The Hall–Kier alpha value is -2.34. The Morgan fingerprint density at radius 1 is 1.32 bits per heavy atom. The number of carbonyl (C=O) groups is 1. The number of nitrogen functional groups attached to an aromatic ring is 1. The molecule has 1 heterocycles. The molecule has 0 bridgehead atoms.